The first-order valence-corrected chi connectivity index (χ1v) is 9.06. The molecular weight excluding hydrogens is 230 g/mol. The second-order valence-electron chi connectivity index (χ2n) is 8.22. The van der Waals surface area contributed by atoms with Gasteiger partial charge in [-0.2, -0.15) is 0 Å². The third-order valence-corrected chi connectivity index (χ3v) is 6.95. The summed E-state index contributed by atoms with van der Waals surface area (Å²) in [5, 5.41) is 3.94. The van der Waals surface area contributed by atoms with Crippen LogP contribution >= 0.6 is 0 Å². The fourth-order valence-corrected chi connectivity index (χ4v) is 5.85. The van der Waals surface area contributed by atoms with Crippen LogP contribution in [0.1, 0.15) is 64.7 Å². The monoisotopic (exact) mass is 261 g/mol. The maximum absolute atomic E-state index is 3.94. The van der Waals surface area contributed by atoms with Gasteiger partial charge in [-0.15, -0.1) is 0 Å². The molecule has 4 rings (SSSR count). The number of fused-ring (bicyclic) bond motifs is 3. The Kier molecular flexibility index (Phi) is 3.38. The Labute approximate surface area is 118 Å². The summed E-state index contributed by atoms with van der Waals surface area (Å²) in [6.07, 6.45) is 13.8. The smallest absolute Gasteiger partial charge is 0.00982 e. The predicted molar refractivity (Wildman–Crippen MR) is 80.0 cm³/mol. The Morgan fingerprint density at radius 1 is 0.947 bits per heavy atom. The second kappa shape index (κ2) is 5.06. The van der Waals surface area contributed by atoms with Crippen molar-refractivity contribution < 1.29 is 0 Å². The number of rotatable bonds is 6. The van der Waals surface area contributed by atoms with Crippen LogP contribution in [0.2, 0.25) is 0 Å². The van der Waals surface area contributed by atoms with Crippen LogP contribution < -0.4 is 5.32 Å². The molecule has 4 fully saturated rings. The number of hydrogen-bond donors (Lipinski definition) is 1. The quantitative estimate of drug-likeness (QED) is 0.754. The van der Waals surface area contributed by atoms with Crippen LogP contribution in [0, 0.1) is 35.5 Å². The lowest BCUT2D eigenvalue weighted by Crippen LogP contribution is -2.38. The molecule has 6 atom stereocenters. The minimum atomic E-state index is 0.872. The molecule has 0 aromatic rings. The molecular formula is C18H31N. The van der Waals surface area contributed by atoms with Crippen LogP contribution in [0.25, 0.3) is 0 Å². The summed E-state index contributed by atoms with van der Waals surface area (Å²) in [4.78, 5) is 0. The third-order valence-electron chi connectivity index (χ3n) is 6.95. The number of nitrogens with one attached hydrogen (secondary N) is 1. The van der Waals surface area contributed by atoms with Gasteiger partial charge in [-0.05, 0) is 93.4 Å². The predicted octanol–water partition coefficient (Wildman–Crippen LogP) is 4.23. The summed E-state index contributed by atoms with van der Waals surface area (Å²) in [5.41, 5.74) is 0. The van der Waals surface area contributed by atoms with Gasteiger partial charge >= 0.3 is 0 Å². The van der Waals surface area contributed by atoms with Gasteiger partial charge in [-0.1, -0.05) is 13.3 Å². The van der Waals surface area contributed by atoms with E-state index in [0.29, 0.717) is 0 Å². The highest BCUT2D eigenvalue weighted by Gasteiger charge is 2.49. The van der Waals surface area contributed by atoms with Crippen LogP contribution in [0.3, 0.4) is 0 Å². The zero-order valence-electron chi connectivity index (χ0n) is 12.6. The van der Waals surface area contributed by atoms with E-state index in [1.165, 1.54) is 19.4 Å². The first-order chi connectivity index (χ1) is 9.33. The zero-order chi connectivity index (χ0) is 12.8. The molecule has 0 amide bonds. The Bertz CT molecular complexity index is 316. The summed E-state index contributed by atoms with van der Waals surface area (Å²) < 4.78 is 0. The number of hydrogen-bond acceptors (Lipinski definition) is 1. The van der Waals surface area contributed by atoms with Gasteiger partial charge in [0.2, 0.25) is 0 Å². The summed E-state index contributed by atoms with van der Waals surface area (Å²) >= 11 is 0. The molecule has 108 valence electrons. The molecule has 0 saturated heterocycles. The highest BCUT2D eigenvalue weighted by molar-refractivity contribution is 5.01. The first kappa shape index (κ1) is 12.7. The summed E-state index contributed by atoms with van der Waals surface area (Å²) in [6.45, 7) is 3.56. The van der Waals surface area contributed by atoms with Gasteiger partial charge in [0.05, 0.1) is 0 Å². The Morgan fingerprint density at radius 3 is 2.42 bits per heavy atom. The molecule has 1 nitrogen and oxygen atoms in total. The molecule has 6 unspecified atom stereocenters. The lowest BCUT2D eigenvalue weighted by atomic mass is 9.80. The summed E-state index contributed by atoms with van der Waals surface area (Å²) in [5.74, 6) is 6.66. The minimum Gasteiger partial charge on any atom is -0.314 e. The SMILES string of the molecule is CCCNC(CC1CC2CCC1C2)C1CC2CC2C1. The fourth-order valence-electron chi connectivity index (χ4n) is 5.85. The van der Waals surface area contributed by atoms with Gasteiger partial charge in [0, 0.05) is 6.04 Å². The maximum atomic E-state index is 3.94. The van der Waals surface area contributed by atoms with Crippen LogP contribution in [0.5, 0.6) is 0 Å². The van der Waals surface area contributed by atoms with Crippen molar-refractivity contribution >= 4 is 0 Å². The minimum absolute atomic E-state index is 0.872. The second-order valence-corrected chi connectivity index (χ2v) is 8.22. The van der Waals surface area contributed by atoms with Gasteiger partial charge in [-0.3, -0.25) is 0 Å². The first-order valence-electron chi connectivity index (χ1n) is 9.06. The van der Waals surface area contributed by atoms with Gasteiger partial charge in [0.15, 0.2) is 0 Å². The molecule has 0 radical (unpaired) electrons. The van der Waals surface area contributed by atoms with E-state index in [0.717, 1.165) is 41.5 Å². The van der Waals surface area contributed by atoms with E-state index in [9.17, 15) is 0 Å². The van der Waals surface area contributed by atoms with Crippen molar-refractivity contribution in [3.05, 3.63) is 0 Å². The zero-order valence-corrected chi connectivity index (χ0v) is 12.6. The van der Waals surface area contributed by atoms with E-state index in [1.54, 1.807) is 44.9 Å². The van der Waals surface area contributed by atoms with Crippen LogP contribution in [-0.4, -0.2) is 12.6 Å². The van der Waals surface area contributed by atoms with Crippen molar-refractivity contribution in [3.8, 4) is 0 Å². The normalized spacial score (nSPS) is 48.5. The molecule has 0 spiro atoms. The van der Waals surface area contributed by atoms with E-state index >= 15 is 0 Å². The molecule has 1 heteroatoms. The van der Waals surface area contributed by atoms with E-state index in [1.807, 2.05) is 0 Å². The van der Waals surface area contributed by atoms with Crippen molar-refractivity contribution in [1.82, 2.24) is 5.32 Å². The molecule has 1 N–H and O–H groups in total. The van der Waals surface area contributed by atoms with Gasteiger partial charge in [-0.25, -0.2) is 0 Å². The van der Waals surface area contributed by atoms with Crippen molar-refractivity contribution in [1.29, 1.82) is 0 Å². The van der Waals surface area contributed by atoms with Crippen molar-refractivity contribution in [2.24, 2.45) is 35.5 Å². The molecule has 0 aliphatic heterocycles. The van der Waals surface area contributed by atoms with Crippen molar-refractivity contribution in [2.75, 3.05) is 6.54 Å². The largest absolute Gasteiger partial charge is 0.314 e. The molecule has 4 aliphatic rings. The van der Waals surface area contributed by atoms with E-state index in [4.69, 9.17) is 0 Å². The third kappa shape index (κ3) is 2.48. The standard InChI is InChI=1S/C18H31N/c1-2-5-19-18(17-9-15-8-16(15)10-17)11-14-7-12-3-4-13(14)6-12/h12-19H,2-11H2,1H3. The van der Waals surface area contributed by atoms with Crippen LogP contribution in [0.4, 0.5) is 0 Å². The molecule has 4 aliphatic carbocycles. The fraction of sp³-hybridized carbons (Fsp3) is 1.00. The van der Waals surface area contributed by atoms with Crippen LogP contribution in [0.15, 0.2) is 0 Å². The van der Waals surface area contributed by atoms with Crippen molar-refractivity contribution in [2.45, 2.75) is 70.8 Å². The maximum Gasteiger partial charge on any atom is 0.00982 e. The molecule has 4 saturated carbocycles. The molecule has 0 aromatic heterocycles. The highest BCUT2D eigenvalue weighted by Crippen LogP contribution is 2.56. The summed E-state index contributed by atoms with van der Waals surface area (Å²) in [6, 6.07) is 0.872. The van der Waals surface area contributed by atoms with Crippen LogP contribution in [-0.2, 0) is 0 Å². The molecule has 0 aromatic carbocycles. The van der Waals surface area contributed by atoms with Gasteiger partial charge in [0.25, 0.3) is 0 Å². The van der Waals surface area contributed by atoms with E-state index in [-0.39, 0.29) is 0 Å². The molecule has 19 heavy (non-hydrogen) atoms. The topological polar surface area (TPSA) is 12.0 Å². The average molecular weight is 261 g/mol. The Balaban J connectivity index is 1.36. The Morgan fingerprint density at radius 2 is 1.79 bits per heavy atom. The molecule has 0 heterocycles. The van der Waals surface area contributed by atoms with Crippen molar-refractivity contribution in [3.63, 3.8) is 0 Å². The van der Waals surface area contributed by atoms with Gasteiger partial charge < -0.3 is 5.32 Å². The average Bonchev–Trinajstić information content (AvgIpc) is 2.86. The molecule has 2 bridgehead atoms. The van der Waals surface area contributed by atoms with E-state index in [2.05, 4.69) is 12.2 Å². The van der Waals surface area contributed by atoms with E-state index < -0.39 is 0 Å². The lowest BCUT2D eigenvalue weighted by Gasteiger charge is -2.32. The Hall–Kier alpha value is -0.0400. The highest BCUT2D eigenvalue weighted by atomic mass is 14.9. The lowest BCUT2D eigenvalue weighted by molar-refractivity contribution is 0.229. The van der Waals surface area contributed by atoms with Gasteiger partial charge in [0.1, 0.15) is 0 Å². The summed E-state index contributed by atoms with van der Waals surface area (Å²) in [7, 11) is 0.